The maximum atomic E-state index is 13.1. The number of rotatable bonds is 3. The lowest BCUT2D eigenvalue weighted by atomic mass is 10.2. The van der Waals surface area contributed by atoms with Crippen LogP contribution in [0.15, 0.2) is 22.7 Å². The van der Waals surface area contributed by atoms with Gasteiger partial charge in [-0.25, -0.2) is 4.39 Å². The molecule has 3 nitrogen and oxygen atoms in total. The highest BCUT2D eigenvalue weighted by molar-refractivity contribution is 9.10. The highest BCUT2D eigenvalue weighted by Crippen LogP contribution is 2.17. The number of ether oxygens (including phenoxy) is 2. The van der Waals surface area contributed by atoms with Gasteiger partial charge in [0, 0.05) is 11.0 Å². The smallest absolute Gasteiger partial charge is 0.123 e. The maximum absolute atomic E-state index is 13.1. The largest absolute Gasteiger partial charge is 0.377 e. The number of hydrogen-bond donors (Lipinski definition) is 1. The molecule has 0 spiro atoms. The van der Waals surface area contributed by atoms with Crippen molar-refractivity contribution in [3.8, 4) is 0 Å². The molecule has 0 atom stereocenters. The van der Waals surface area contributed by atoms with Crippen LogP contribution in [0, 0.1) is 5.82 Å². The van der Waals surface area contributed by atoms with Crippen LogP contribution in [0.2, 0.25) is 0 Å². The molecule has 0 unspecified atom stereocenters. The van der Waals surface area contributed by atoms with Gasteiger partial charge in [0.05, 0.1) is 32.5 Å². The van der Waals surface area contributed by atoms with E-state index >= 15 is 0 Å². The van der Waals surface area contributed by atoms with Crippen LogP contribution in [-0.4, -0.2) is 32.5 Å². The Kier molecular flexibility index (Phi) is 4.91. The Balaban J connectivity index is 1.89. The number of nitrogens with one attached hydrogen (secondary N) is 1. The van der Waals surface area contributed by atoms with Crippen molar-refractivity contribution in [3.05, 3.63) is 34.1 Å². The minimum absolute atomic E-state index is 0.160. The predicted molar refractivity (Wildman–Crippen MR) is 66.4 cm³/mol. The van der Waals surface area contributed by atoms with Crippen molar-refractivity contribution in [2.75, 3.05) is 26.4 Å². The zero-order valence-electron chi connectivity index (χ0n) is 9.42. The van der Waals surface area contributed by atoms with Gasteiger partial charge in [-0.1, -0.05) is 15.9 Å². The maximum Gasteiger partial charge on any atom is 0.123 e. The van der Waals surface area contributed by atoms with Gasteiger partial charge in [-0.05, 0) is 23.8 Å². The van der Waals surface area contributed by atoms with Crippen LogP contribution < -0.4 is 5.32 Å². The lowest BCUT2D eigenvalue weighted by Gasteiger charge is -2.15. The Morgan fingerprint density at radius 3 is 2.71 bits per heavy atom. The zero-order chi connectivity index (χ0) is 12.1. The summed E-state index contributed by atoms with van der Waals surface area (Å²) in [6, 6.07) is 4.83. The van der Waals surface area contributed by atoms with Crippen molar-refractivity contribution < 1.29 is 13.9 Å². The first-order valence-electron chi connectivity index (χ1n) is 5.58. The van der Waals surface area contributed by atoms with Crippen LogP contribution in [0.5, 0.6) is 0 Å². The molecule has 17 heavy (non-hydrogen) atoms. The first kappa shape index (κ1) is 13.0. The Labute approximate surface area is 108 Å². The SMILES string of the molecule is Fc1ccc(Br)c(CNC2COCCOC2)c1. The normalized spacial score (nSPS) is 18.0. The highest BCUT2D eigenvalue weighted by atomic mass is 79.9. The molecule has 1 aliphatic rings. The molecule has 1 fully saturated rings. The summed E-state index contributed by atoms with van der Waals surface area (Å²) in [5, 5.41) is 3.30. The highest BCUT2D eigenvalue weighted by Gasteiger charge is 2.13. The molecule has 1 aromatic rings. The van der Waals surface area contributed by atoms with Crippen LogP contribution in [0.25, 0.3) is 0 Å². The average molecular weight is 304 g/mol. The van der Waals surface area contributed by atoms with Crippen molar-refractivity contribution >= 4 is 15.9 Å². The van der Waals surface area contributed by atoms with Crippen LogP contribution in [0.3, 0.4) is 0 Å². The van der Waals surface area contributed by atoms with E-state index in [9.17, 15) is 4.39 Å². The van der Waals surface area contributed by atoms with Gasteiger partial charge in [0.15, 0.2) is 0 Å². The molecule has 0 radical (unpaired) electrons. The lowest BCUT2D eigenvalue weighted by Crippen LogP contribution is -2.35. The van der Waals surface area contributed by atoms with E-state index in [0.29, 0.717) is 33.0 Å². The minimum Gasteiger partial charge on any atom is -0.377 e. The molecule has 1 saturated heterocycles. The van der Waals surface area contributed by atoms with E-state index < -0.39 is 0 Å². The van der Waals surface area contributed by atoms with Gasteiger partial charge < -0.3 is 14.8 Å². The number of benzene rings is 1. The molecule has 2 rings (SSSR count). The molecule has 94 valence electrons. The lowest BCUT2D eigenvalue weighted by molar-refractivity contribution is 0.103. The third kappa shape index (κ3) is 4.03. The molecule has 5 heteroatoms. The van der Waals surface area contributed by atoms with Crippen LogP contribution in [0.1, 0.15) is 5.56 Å². The average Bonchev–Trinajstić information content (AvgIpc) is 2.59. The molecule has 0 saturated carbocycles. The molecule has 0 aliphatic carbocycles. The van der Waals surface area contributed by atoms with E-state index in [-0.39, 0.29) is 11.9 Å². The summed E-state index contributed by atoms with van der Waals surface area (Å²) in [5.74, 6) is -0.224. The molecular formula is C12H15BrFNO2. The summed E-state index contributed by atoms with van der Waals surface area (Å²) in [5.41, 5.74) is 0.897. The Bertz CT molecular complexity index is 368. The van der Waals surface area contributed by atoms with E-state index in [1.165, 1.54) is 12.1 Å². The fourth-order valence-electron chi connectivity index (χ4n) is 1.67. The third-order valence-corrected chi connectivity index (χ3v) is 3.37. The summed E-state index contributed by atoms with van der Waals surface area (Å²) >= 11 is 3.40. The van der Waals surface area contributed by atoms with Crippen molar-refractivity contribution in [2.45, 2.75) is 12.6 Å². The van der Waals surface area contributed by atoms with E-state index in [1.807, 2.05) is 0 Å². The Hall–Kier alpha value is -0.490. The van der Waals surface area contributed by atoms with Gasteiger partial charge in [-0.2, -0.15) is 0 Å². The first-order chi connectivity index (χ1) is 8.25. The molecular weight excluding hydrogens is 289 g/mol. The number of halogens is 2. The molecule has 0 bridgehead atoms. The standard InChI is InChI=1S/C12H15BrFNO2/c13-12-2-1-10(14)5-9(12)6-15-11-7-16-3-4-17-8-11/h1-2,5,11,15H,3-4,6-8H2. The summed E-state index contributed by atoms with van der Waals surface area (Å²) in [4.78, 5) is 0. The molecule has 0 aromatic heterocycles. The summed E-state index contributed by atoms with van der Waals surface area (Å²) < 4.78 is 24.7. The van der Waals surface area contributed by atoms with Crippen LogP contribution in [0.4, 0.5) is 4.39 Å². The van der Waals surface area contributed by atoms with Crippen molar-refractivity contribution in [1.29, 1.82) is 0 Å². The van der Waals surface area contributed by atoms with Gasteiger partial charge in [0.25, 0.3) is 0 Å². The molecule has 1 N–H and O–H groups in total. The van der Waals surface area contributed by atoms with Crippen LogP contribution >= 0.6 is 15.9 Å². The van der Waals surface area contributed by atoms with Crippen molar-refractivity contribution in [1.82, 2.24) is 5.32 Å². The van der Waals surface area contributed by atoms with Crippen molar-refractivity contribution in [3.63, 3.8) is 0 Å². The van der Waals surface area contributed by atoms with Gasteiger partial charge in [0.2, 0.25) is 0 Å². The monoisotopic (exact) mass is 303 g/mol. The van der Waals surface area contributed by atoms with Gasteiger partial charge in [-0.15, -0.1) is 0 Å². The quantitative estimate of drug-likeness (QED) is 0.927. The molecule has 1 heterocycles. The summed E-state index contributed by atoms with van der Waals surface area (Å²) in [7, 11) is 0. The Morgan fingerprint density at radius 2 is 2.00 bits per heavy atom. The number of hydrogen-bond acceptors (Lipinski definition) is 3. The van der Waals surface area contributed by atoms with Gasteiger partial charge in [-0.3, -0.25) is 0 Å². The fraction of sp³-hybridized carbons (Fsp3) is 0.500. The minimum atomic E-state index is -0.224. The topological polar surface area (TPSA) is 30.5 Å². The van der Waals surface area contributed by atoms with E-state index in [1.54, 1.807) is 6.07 Å². The molecule has 1 aromatic carbocycles. The Morgan fingerprint density at radius 1 is 1.29 bits per heavy atom. The second kappa shape index (κ2) is 6.44. The fourth-order valence-corrected chi connectivity index (χ4v) is 2.05. The van der Waals surface area contributed by atoms with E-state index in [0.717, 1.165) is 10.0 Å². The molecule has 0 amide bonds. The van der Waals surface area contributed by atoms with E-state index in [4.69, 9.17) is 9.47 Å². The van der Waals surface area contributed by atoms with E-state index in [2.05, 4.69) is 21.2 Å². The second-order valence-corrected chi connectivity index (χ2v) is 4.82. The van der Waals surface area contributed by atoms with Gasteiger partial charge >= 0.3 is 0 Å². The van der Waals surface area contributed by atoms with Crippen LogP contribution in [-0.2, 0) is 16.0 Å². The first-order valence-corrected chi connectivity index (χ1v) is 6.38. The predicted octanol–water partition coefficient (Wildman–Crippen LogP) is 2.09. The van der Waals surface area contributed by atoms with Gasteiger partial charge in [0.1, 0.15) is 5.82 Å². The second-order valence-electron chi connectivity index (χ2n) is 3.96. The third-order valence-electron chi connectivity index (χ3n) is 2.60. The summed E-state index contributed by atoms with van der Waals surface area (Å²) in [6.07, 6.45) is 0. The van der Waals surface area contributed by atoms with Crippen molar-refractivity contribution in [2.24, 2.45) is 0 Å². The zero-order valence-corrected chi connectivity index (χ0v) is 11.0. The summed E-state index contributed by atoms with van der Waals surface area (Å²) in [6.45, 7) is 3.14. The molecule has 1 aliphatic heterocycles.